The van der Waals surface area contributed by atoms with Crippen LogP contribution in [-0.4, -0.2) is 18.3 Å². The molecule has 0 bridgehead atoms. The van der Waals surface area contributed by atoms with E-state index in [1.165, 1.54) is 16.7 Å². The molecule has 0 aromatic heterocycles. The molecule has 3 aliphatic rings. The van der Waals surface area contributed by atoms with E-state index in [9.17, 15) is 0 Å². The largest absolute Gasteiger partial charge is 0.494 e. The maximum Gasteiger partial charge on any atom is 0.494 e. The molecule has 2 aliphatic carbocycles. The summed E-state index contributed by atoms with van der Waals surface area (Å²) in [5, 5.41) is 0. The Morgan fingerprint density at radius 2 is 1.22 bits per heavy atom. The molecule has 3 rings (SSSR count). The Hall–Kier alpha value is -1.32. The van der Waals surface area contributed by atoms with Crippen molar-refractivity contribution < 1.29 is 9.31 Å². The minimum Gasteiger partial charge on any atom is -0.399 e. The van der Waals surface area contributed by atoms with Crippen molar-refractivity contribution in [2.24, 2.45) is 0 Å². The Morgan fingerprint density at radius 1 is 0.783 bits per heavy atom. The minimum absolute atomic E-state index is 0.158. The highest BCUT2D eigenvalue weighted by molar-refractivity contribution is 6.62. The van der Waals surface area contributed by atoms with Crippen molar-refractivity contribution in [3.63, 3.8) is 0 Å². The third kappa shape index (κ3) is 2.93. The predicted octanol–water partition coefficient (Wildman–Crippen LogP) is 4.39. The van der Waals surface area contributed by atoms with Crippen molar-refractivity contribution in [2.75, 3.05) is 0 Å². The highest BCUT2D eigenvalue weighted by atomic mass is 16.7. The topological polar surface area (TPSA) is 18.5 Å². The second-order valence-electron chi connectivity index (χ2n) is 8.66. The summed E-state index contributed by atoms with van der Waals surface area (Å²) in [6.45, 7) is 15.1. The fourth-order valence-corrected chi connectivity index (χ4v) is 2.89. The summed E-state index contributed by atoms with van der Waals surface area (Å²) in [7, 11) is -0.292. The average molecular weight is 310 g/mol. The van der Waals surface area contributed by atoms with E-state index in [2.05, 4.69) is 84.9 Å². The zero-order valence-electron chi connectivity index (χ0n) is 15.4. The molecule has 0 saturated carbocycles. The van der Waals surface area contributed by atoms with Crippen LogP contribution in [0, 0.1) is 0 Å². The molecular weight excluding hydrogens is 283 g/mol. The summed E-state index contributed by atoms with van der Waals surface area (Å²) in [6.07, 6.45) is 0. The Balaban J connectivity index is 1.95. The zero-order valence-corrected chi connectivity index (χ0v) is 15.4. The number of fused-ring (bicyclic) bond motifs is 1. The molecule has 0 atom stereocenters. The van der Waals surface area contributed by atoms with Gasteiger partial charge in [0.1, 0.15) is 0 Å². The Bertz CT molecular complexity index is 648. The van der Waals surface area contributed by atoms with Gasteiger partial charge in [0.15, 0.2) is 0 Å². The number of hydrogen-bond donors (Lipinski definition) is 0. The quantitative estimate of drug-likeness (QED) is 0.727. The summed E-state index contributed by atoms with van der Waals surface area (Å²) in [5.41, 5.74) is 4.45. The van der Waals surface area contributed by atoms with Gasteiger partial charge in [0.05, 0.1) is 11.2 Å². The van der Waals surface area contributed by atoms with Gasteiger partial charge in [-0.2, -0.15) is 0 Å². The van der Waals surface area contributed by atoms with Crippen LogP contribution in [-0.2, 0) is 14.7 Å². The number of rotatable bonds is 1. The van der Waals surface area contributed by atoms with E-state index in [1.54, 1.807) is 0 Å². The molecule has 1 heterocycles. The minimum atomic E-state index is -0.300. The zero-order chi connectivity index (χ0) is 17.0. The molecule has 0 unspecified atom stereocenters. The molecule has 2 nitrogen and oxygen atoms in total. The molecule has 0 aromatic rings. The first-order valence-electron chi connectivity index (χ1n) is 8.39. The van der Waals surface area contributed by atoms with Crippen LogP contribution < -0.4 is 5.46 Å². The molecular formula is C20H27BO2. The molecule has 23 heavy (non-hydrogen) atoms. The van der Waals surface area contributed by atoms with Gasteiger partial charge in [-0.25, -0.2) is 0 Å². The van der Waals surface area contributed by atoms with Gasteiger partial charge >= 0.3 is 7.12 Å². The first-order chi connectivity index (χ1) is 10.5. The molecule has 1 aliphatic heterocycles. The molecule has 1 saturated heterocycles. The van der Waals surface area contributed by atoms with Gasteiger partial charge in [0, 0.05) is 0 Å². The van der Waals surface area contributed by atoms with Crippen LogP contribution >= 0.6 is 0 Å². The molecule has 0 amide bonds. The summed E-state index contributed by atoms with van der Waals surface area (Å²) in [5.74, 6) is 0. The maximum absolute atomic E-state index is 6.16. The molecule has 1 fully saturated rings. The summed E-state index contributed by atoms with van der Waals surface area (Å²) in [4.78, 5) is 0. The summed E-state index contributed by atoms with van der Waals surface area (Å²) in [6, 6.07) is 13.2. The van der Waals surface area contributed by atoms with Gasteiger partial charge in [-0.1, -0.05) is 57.2 Å². The Kier molecular flexibility index (Phi) is 3.66. The van der Waals surface area contributed by atoms with Gasteiger partial charge < -0.3 is 9.31 Å². The molecule has 0 spiro atoms. The van der Waals surface area contributed by atoms with E-state index in [4.69, 9.17) is 9.31 Å². The van der Waals surface area contributed by atoms with Gasteiger partial charge in [-0.3, -0.25) is 0 Å². The van der Waals surface area contributed by atoms with Gasteiger partial charge in [0.25, 0.3) is 0 Å². The van der Waals surface area contributed by atoms with Crippen LogP contribution in [0.25, 0.3) is 11.1 Å². The normalized spacial score (nSPS) is 20.2. The van der Waals surface area contributed by atoms with Crippen molar-refractivity contribution in [3.8, 4) is 11.1 Å². The first kappa shape index (κ1) is 16.5. The van der Waals surface area contributed by atoms with Crippen molar-refractivity contribution in [1.29, 1.82) is 0 Å². The average Bonchev–Trinajstić information content (AvgIpc) is 2.80. The van der Waals surface area contributed by atoms with E-state index in [-0.39, 0.29) is 23.7 Å². The fraction of sp³-hybridized carbons (Fsp3) is 0.500. The smallest absolute Gasteiger partial charge is 0.399 e. The van der Waals surface area contributed by atoms with Crippen molar-refractivity contribution in [3.05, 3.63) is 42.0 Å². The lowest BCUT2D eigenvalue weighted by molar-refractivity contribution is 0.00578. The van der Waals surface area contributed by atoms with Crippen molar-refractivity contribution >= 4 is 12.6 Å². The van der Waals surface area contributed by atoms with E-state index in [0.717, 1.165) is 5.46 Å². The Labute approximate surface area is 140 Å². The lowest BCUT2D eigenvalue weighted by atomic mass is 9.81. The molecule has 3 heteroatoms. The SMILES string of the molecule is CC(C)(C)c1ccc2cc(B3OC(C)(C)C(C)(C)O3)cc-2cc1. The number of hydrogen-bond acceptors (Lipinski definition) is 2. The van der Waals surface area contributed by atoms with E-state index >= 15 is 0 Å². The predicted molar refractivity (Wildman–Crippen MR) is 97.5 cm³/mol. The van der Waals surface area contributed by atoms with Gasteiger partial charge in [-0.05, 0) is 55.3 Å². The van der Waals surface area contributed by atoms with E-state index in [1.807, 2.05) is 0 Å². The molecule has 122 valence electrons. The van der Waals surface area contributed by atoms with Crippen LogP contribution in [0.15, 0.2) is 36.4 Å². The lowest BCUT2D eigenvalue weighted by Gasteiger charge is -2.32. The lowest BCUT2D eigenvalue weighted by Crippen LogP contribution is -2.41. The monoisotopic (exact) mass is 310 g/mol. The Morgan fingerprint density at radius 3 is 1.61 bits per heavy atom. The van der Waals surface area contributed by atoms with Crippen LogP contribution in [0.1, 0.15) is 54.0 Å². The standard InChI is InChI=1S/C20H27BO2/c1-18(2,3)16-10-8-14-12-17(13-15(14)9-11-16)21-22-19(4,5)20(6,7)23-21/h8-13H,1-7H3. The highest BCUT2D eigenvalue weighted by Gasteiger charge is 2.51. The maximum atomic E-state index is 6.16. The van der Waals surface area contributed by atoms with Gasteiger partial charge in [0.2, 0.25) is 0 Å². The van der Waals surface area contributed by atoms with Crippen LogP contribution in [0.5, 0.6) is 0 Å². The first-order valence-corrected chi connectivity index (χ1v) is 8.39. The third-order valence-corrected chi connectivity index (χ3v) is 5.25. The van der Waals surface area contributed by atoms with E-state index < -0.39 is 0 Å². The fourth-order valence-electron chi connectivity index (χ4n) is 2.89. The van der Waals surface area contributed by atoms with Crippen molar-refractivity contribution in [1.82, 2.24) is 0 Å². The molecule has 0 radical (unpaired) electrons. The van der Waals surface area contributed by atoms with Crippen LogP contribution in [0.2, 0.25) is 0 Å². The molecule has 0 aromatic carbocycles. The van der Waals surface area contributed by atoms with Gasteiger partial charge in [-0.15, -0.1) is 0 Å². The van der Waals surface area contributed by atoms with E-state index in [0.29, 0.717) is 0 Å². The van der Waals surface area contributed by atoms with Crippen LogP contribution in [0.3, 0.4) is 0 Å². The van der Waals surface area contributed by atoms with Crippen LogP contribution in [0.4, 0.5) is 0 Å². The molecule has 0 N–H and O–H groups in total. The highest BCUT2D eigenvalue weighted by Crippen LogP contribution is 2.37. The second-order valence-corrected chi connectivity index (χ2v) is 8.66. The summed E-state index contributed by atoms with van der Waals surface area (Å²) >= 11 is 0. The summed E-state index contributed by atoms with van der Waals surface area (Å²) < 4.78 is 12.3. The second kappa shape index (κ2) is 5.09. The van der Waals surface area contributed by atoms with Crippen molar-refractivity contribution in [2.45, 2.75) is 65.1 Å². The third-order valence-electron chi connectivity index (χ3n) is 5.25.